The number of para-hydroxylation sites is 1. The molecule has 23 heavy (non-hydrogen) atoms. The first-order valence-electron chi connectivity index (χ1n) is 6.71. The summed E-state index contributed by atoms with van der Waals surface area (Å²) in [6, 6.07) is 10.5. The Kier molecular flexibility index (Phi) is 4.15. The number of azo groups is 1. The predicted octanol–water partition coefficient (Wildman–Crippen LogP) is 2.98. The third kappa shape index (κ3) is 3.27. The molecule has 3 aromatic rings. The number of benzene rings is 1. The summed E-state index contributed by atoms with van der Waals surface area (Å²) < 4.78 is 0. The molecule has 2 aromatic heterocycles. The van der Waals surface area contributed by atoms with Crippen LogP contribution in [0.5, 0.6) is 5.88 Å². The number of H-pyrrole nitrogens is 1. The highest BCUT2D eigenvalue weighted by molar-refractivity contribution is 7.12. The van der Waals surface area contributed by atoms with Gasteiger partial charge in [0.25, 0.3) is 11.8 Å². The van der Waals surface area contributed by atoms with Gasteiger partial charge in [0, 0.05) is 5.39 Å². The number of nitrogens with zero attached hydrogens (tertiary/aromatic N) is 2. The highest BCUT2D eigenvalue weighted by atomic mass is 32.1. The number of hydrogen-bond donors (Lipinski definition) is 3. The van der Waals surface area contributed by atoms with E-state index in [2.05, 4.69) is 20.5 Å². The van der Waals surface area contributed by atoms with E-state index in [-0.39, 0.29) is 24.0 Å². The lowest BCUT2D eigenvalue weighted by atomic mass is 10.2. The van der Waals surface area contributed by atoms with Gasteiger partial charge >= 0.3 is 0 Å². The number of amides is 2. The number of aromatic hydroxyl groups is 1. The zero-order valence-corrected chi connectivity index (χ0v) is 12.6. The van der Waals surface area contributed by atoms with Crippen LogP contribution in [0.15, 0.2) is 52.0 Å². The van der Waals surface area contributed by atoms with Crippen molar-refractivity contribution in [2.45, 2.75) is 0 Å². The second kappa shape index (κ2) is 6.41. The summed E-state index contributed by atoms with van der Waals surface area (Å²) in [4.78, 5) is 26.7. The fourth-order valence-electron chi connectivity index (χ4n) is 2.01. The molecule has 1 aromatic carbocycles. The Morgan fingerprint density at radius 3 is 2.83 bits per heavy atom. The van der Waals surface area contributed by atoms with Gasteiger partial charge in [0.05, 0.1) is 10.4 Å². The molecule has 0 radical (unpaired) electrons. The molecule has 0 aliphatic rings. The molecule has 0 atom stereocenters. The van der Waals surface area contributed by atoms with E-state index >= 15 is 0 Å². The molecule has 0 aliphatic carbocycles. The van der Waals surface area contributed by atoms with E-state index in [0.717, 1.165) is 0 Å². The quantitative estimate of drug-likeness (QED) is 0.641. The summed E-state index contributed by atoms with van der Waals surface area (Å²) in [5.74, 6) is -1.11. The molecular formula is C15H12N4O3S. The molecule has 0 unspecified atom stereocenters. The molecule has 0 spiro atoms. The largest absolute Gasteiger partial charge is 0.493 e. The second-order valence-corrected chi connectivity index (χ2v) is 5.57. The molecule has 7 nitrogen and oxygen atoms in total. The summed E-state index contributed by atoms with van der Waals surface area (Å²) in [7, 11) is 0. The van der Waals surface area contributed by atoms with Crippen LogP contribution in [0.3, 0.4) is 0 Å². The first-order chi connectivity index (χ1) is 11.1. The van der Waals surface area contributed by atoms with E-state index in [0.29, 0.717) is 15.8 Å². The van der Waals surface area contributed by atoms with E-state index in [1.54, 1.807) is 35.7 Å². The number of nitrogens with one attached hydrogen (secondary N) is 2. The van der Waals surface area contributed by atoms with Gasteiger partial charge in [0.15, 0.2) is 5.69 Å². The fourth-order valence-corrected chi connectivity index (χ4v) is 2.65. The monoisotopic (exact) mass is 328 g/mol. The maximum atomic E-state index is 11.7. The van der Waals surface area contributed by atoms with Crippen LogP contribution in [-0.4, -0.2) is 28.4 Å². The molecule has 0 aliphatic heterocycles. The Hall–Kier alpha value is -3.00. The number of rotatable bonds is 4. The van der Waals surface area contributed by atoms with Crippen LogP contribution in [0.1, 0.15) is 9.67 Å². The number of carbonyl (C=O) groups excluding carboxylic acids is 2. The maximum Gasteiger partial charge on any atom is 0.283 e. The van der Waals surface area contributed by atoms with E-state index in [4.69, 9.17) is 0 Å². The second-order valence-electron chi connectivity index (χ2n) is 4.62. The molecule has 3 rings (SSSR count). The third-order valence-corrected chi connectivity index (χ3v) is 3.93. The Labute approximate surface area is 134 Å². The average Bonchev–Trinajstić information content (AvgIpc) is 3.18. The Bertz CT molecular complexity index is 883. The SMILES string of the molecule is O=C(CNC(=O)c1cccs1)N=Nc1c(O)[nH]c2ccccc12. The van der Waals surface area contributed by atoms with Crippen molar-refractivity contribution in [1.82, 2.24) is 10.3 Å². The lowest BCUT2D eigenvalue weighted by Crippen LogP contribution is -2.27. The zero-order valence-electron chi connectivity index (χ0n) is 11.8. The number of aromatic amines is 1. The number of thiophene rings is 1. The van der Waals surface area contributed by atoms with Crippen molar-refractivity contribution >= 4 is 39.7 Å². The summed E-state index contributed by atoms with van der Waals surface area (Å²) in [6.45, 7) is -0.261. The zero-order chi connectivity index (χ0) is 16.2. The van der Waals surface area contributed by atoms with Gasteiger partial charge in [-0.1, -0.05) is 24.3 Å². The first kappa shape index (κ1) is 14.9. The van der Waals surface area contributed by atoms with Crippen LogP contribution >= 0.6 is 11.3 Å². The van der Waals surface area contributed by atoms with Gasteiger partial charge in [0.2, 0.25) is 5.88 Å². The molecule has 0 fully saturated rings. The van der Waals surface area contributed by atoms with Crippen LogP contribution in [0, 0.1) is 0 Å². The molecule has 2 amide bonds. The normalized spacial score (nSPS) is 11.1. The van der Waals surface area contributed by atoms with Gasteiger partial charge in [-0.25, -0.2) is 0 Å². The highest BCUT2D eigenvalue weighted by Gasteiger charge is 2.11. The summed E-state index contributed by atoms with van der Waals surface area (Å²) in [5.41, 5.74) is 0.885. The van der Waals surface area contributed by atoms with Gasteiger partial charge in [-0.3, -0.25) is 9.59 Å². The molecule has 8 heteroatoms. The molecule has 116 valence electrons. The van der Waals surface area contributed by atoms with Gasteiger partial charge < -0.3 is 15.4 Å². The van der Waals surface area contributed by atoms with E-state index in [1.807, 2.05) is 6.07 Å². The summed E-state index contributed by atoms with van der Waals surface area (Å²) in [5, 5.41) is 22.0. The number of hydrogen-bond acceptors (Lipinski definition) is 5. The van der Waals surface area contributed by atoms with Gasteiger partial charge in [-0.2, -0.15) is 0 Å². The van der Waals surface area contributed by atoms with Crippen molar-refractivity contribution in [3.05, 3.63) is 46.7 Å². The van der Waals surface area contributed by atoms with Crippen LogP contribution in [-0.2, 0) is 4.79 Å². The molecule has 3 N–H and O–H groups in total. The first-order valence-corrected chi connectivity index (χ1v) is 7.59. The van der Waals surface area contributed by atoms with Crippen molar-refractivity contribution in [1.29, 1.82) is 0 Å². The van der Waals surface area contributed by atoms with Crippen LogP contribution in [0.2, 0.25) is 0 Å². The fraction of sp³-hybridized carbons (Fsp3) is 0.0667. The van der Waals surface area contributed by atoms with Crippen molar-refractivity contribution in [2.75, 3.05) is 6.54 Å². The molecular weight excluding hydrogens is 316 g/mol. The number of aromatic nitrogens is 1. The average molecular weight is 328 g/mol. The standard InChI is InChI=1S/C15H12N4O3S/c20-12(8-16-14(21)11-6-3-7-23-11)18-19-13-9-4-1-2-5-10(9)17-15(13)22/h1-7,17,22H,8H2,(H,16,21). The summed E-state index contributed by atoms with van der Waals surface area (Å²) >= 11 is 1.28. The molecule has 0 saturated carbocycles. The molecule has 0 bridgehead atoms. The van der Waals surface area contributed by atoms with Crippen molar-refractivity contribution < 1.29 is 14.7 Å². The molecule has 0 saturated heterocycles. The number of carbonyl (C=O) groups is 2. The minimum Gasteiger partial charge on any atom is -0.493 e. The lowest BCUT2D eigenvalue weighted by molar-refractivity contribution is -0.117. The van der Waals surface area contributed by atoms with Crippen molar-refractivity contribution in [3.63, 3.8) is 0 Å². The lowest BCUT2D eigenvalue weighted by Gasteiger charge is -1.98. The van der Waals surface area contributed by atoms with Crippen molar-refractivity contribution in [3.8, 4) is 5.88 Å². The minimum absolute atomic E-state index is 0.162. The van der Waals surface area contributed by atoms with Crippen LogP contribution in [0.4, 0.5) is 5.69 Å². The maximum absolute atomic E-state index is 11.7. The van der Waals surface area contributed by atoms with Gasteiger partial charge in [-0.15, -0.1) is 21.6 Å². The Morgan fingerprint density at radius 2 is 2.04 bits per heavy atom. The Morgan fingerprint density at radius 1 is 1.22 bits per heavy atom. The van der Waals surface area contributed by atoms with Gasteiger partial charge in [0.1, 0.15) is 6.54 Å². The van der Waals surface area contributed by atoms with Gasteiger partial charge in [-0.05, 0) is 17.5 Å². The topological polar surface area (TPSA) is 107 Å². The minimum atomic E-state index is -0.611. The van der Waals surface area contributed by atoms with Crippen LogP contribution < -0.4 is 5.32 Å². The third-order valence-electron chi connectivity index (χ3n) is 3.07. The predicted molar refractivity (Wildman–Crippen MR) is 86.1 cm³/mol. The van der Waals surface area contributed by atoms with E-state index in [9.17, 15) is 14.7 Å². The van der Waals surface area contributed by atoms with Crippen molar-refractivity contribution in [2.24, 2.45) is 10.2 Å². The molecule has 2 heterocycles. The highest BCUT2D eigenvalue weighted by Crippen LogP contribution is 2.35. The summed E-state index contributed by atoms with van der Waals surface area (Å²) in [6.07, 6.45) is 0. The smallest absolute Gasteiger partial charge is 0.283 e. The number of fused-ring (bicyclic) bond motifs is 1. The van der Waals surface area contributed by atoms with Crippen LogP contribution in [0.25, 0.3) is 10.9 Å². The van der Waals surface area contributed by atoms with E-state index in [1.165, 1.54) is 11.3 Å². The Balaban J connectivity index is 1.66. The van der Waals surface area contributed by atoms with E-state index < -0.39 is 5.91 Å².